The minimum atomic E-state index is -0.788. The summed E-state index contributed by atoms with van der Waals surface area (Å²) in [6.45, 7) is 6.45. The number of rotatable bonds is 11. The number of esters is 2. The summed E-state index contributed by atoms with van der Waals surface area (Å²) < 4.78 is 16.3. The van der Waals surface area contributed by atoms with Gasteiger partial charge in [-0.2, -0.15) is 0 Å². The van der Waals surface area contributed by atoms with Gasteiger partial charge in [0.25, 0.3) is 0 Å². The first kappa shape index (κ1) is 25.0. The predicted molar refractivity (Wildman–Crippen MR) is 123 cm³/mol. The molecule has 1 atom stereocenters. The monoisotopic (exact) mass is 466 g/mol. The van der Waals surface area contributed by atoms with E-state index in [4.69, 9.17) is 37.4 Å². The third-order valence-electron chi connectivity index (χ3n) is 4.49. The first-order valence-electron chi connectivity index (χ1n) is 10.4. The molecule has 0 aliphatic heterocycles. The van der Waals surface area contributed by atoms with Crippen LogP contribution < -0.4 is 14.2 Å². The third kappa shape index (κ3) is 8.08. The molecule has 0 radical (unpaired) electrons. The van der Waals surface area contributed by atoms with Crippen molar-refractivity contribution in [1.82, 2.24) is 0 Å². The van der Waals surface area contributed by atoms with E-state index >= 15 is 0 Å². The van der Waals surface area contributed by atoms with Crippen LogP contribution in [0.5, 0.6) is 17.2 Å². The Morgan fingerprint density at radius 3 is 2.23 bits per heavy atom. The van der Waals surface area contributed by atoms with Crippen LogP contribution in [-0.2, 0) is 4.79 Å². The summed E-state index contributed by atoms with van der Waals surface area (Å²) >= 11 is 12.2. The van der Waals surface area contributed by atoms with Gasteiger partial charge in [0.2, 0.25) is 0 Å². The average Bonchev–Trinajstić information content (AvgIpc) is 2.75. The molecule has 2 aromatic carbocycles. The topological polar surface area (TPSA) is 61.8 Å². The maximum atomic E-state index is 12.4. The van der Waals surface area contributed by atoms with Crippen molar-refractivity contribution in [2.24, 2.45) is 5.92 Å². The summed E-state index contributed by atoms with van der Waals surface area (Å²) in [5.41, 5.74) is 0.229. The van der Waals surface area contributed by atoms with Gasteiger partial charge in [0.05, 0.1) is 17.2 Å². The van der Waals surface area contributed by atoms with Gasteiger partial charge in [-0.25, -0.2) is 4.79 Å². The number of carbonyl (C=O) groups excluding carboxylic acids is 2. The van der Waals surface area contributed by atoms with Crippen molar-refractivity contribution in [2.75, 3.05) is 6.61 Å². The van der Waals surface area contributed by atoms with Crippen LogP contribution in [0.3, 0.4) is 0 Å². The highest BCUT2D eigenvalue weighted by Crippen LogP contribution is 2.28. The van der Waals surface area contributed by atoms with Gasteiger partial charge in [-0.15, -0.1) is 11.6 Å². The lowest BCUT2D eigenvalue weighted by Gasteiger charge is -2.13. The van der Waals surface area contributed by atoms with E-state index in [2.05, 4.69) is 6.92 Å². The van der Waals surface area contributed by atoms with E-state index < -0.39 is 17.3 Å². The van der Waals surface area contributed by atoms with Crippen LogP contribution in [0.4, 0.5) is 0 Å². The molecular weight excluding hydrogens is 439 g/mol. The molecule has 0 amide bonds. The fourth-order valence-corrected chi connectivity index (χ4v) is 2.90. The number of alkyl halides is 1. The quantitative estimate of drug-likeness (QED) is 0.160. The minimum absolute atomic E-state index is 0.0833. The summed E-state index contributed by atoms with van der Waals surface area (Å²) in [6.07, 6.45) is 4.55. The molecule has 168 valence electrons. The zero-order valence-corrected chi connectivity index (χ0v) is 19.5. The van der Waals surface area contributed by atoms with Crippen LogP contribution >= 0.6 is 23.2 Å². The van der Waals surface area contributed by atoms with Crippen molar-refractivity contribution in [3.05, 3.63) is 53.1 Å². The predicted octanol–water partition coefficient (Wildman–Crippen LogP) is 6.69. The molecule has 0 aliphatic rings. The summed E-state index contributed by atoms with van der Waals surface area (Å²) in [5.74, 6) is -0.0108. The van der Waals surface area contributed by atoms with Crippen LogP contribution in [0.2, 0.25) is 5.02 Å². The Balaban J connectivity index is 1.92. The number of benzene rings is 2. The molecule has 0 heterocycles. The SMILES string of the molecule is CCCCCCOc1ccc(OC(=O)c2ccc(OC(=O)C(Cl)C(C)C)c(Cl)c2)cc1. The van der Waals surface area contributed by atoms with Gasteiger partial charge >= 0.3 is 11.9 Å². The molecule has 0 aliphatic carbocycles. The van der Waals surface area contributed by atoms with Gasteiger partial charge in [0, 0.05) is 0 Å². The Kier molecular flexibility index (Phi) is 10.2. The van der Waals surface area contributed by atoms with E-state index in [0.29, 0.717) is 12.4 Å². The summed E-state index contributed by atoms with van der Waals surface area (Å²) in [5, 5.41) is -0.675. The fraction of sp³-hybridized carbons (Fsp3) is 0.417. The van der Waals surface area contributed by atoms with Gasteiger partial charge in [0.1, 0.15) is 22.6 Å². The molecular formula is C24H28Cl2O5. The standard InChI is InChI=1S/C24H28Cl2O5/c1-4-5-6-7-14-29-18-9-11-19(12-10-18)30-23(27)17-8-13-21(20(25)15-17)31-24(28)22(26)16(2)3/h8-13,15-16,22H,4-7,14H2,1-3H3. The second-order valence-corrected chi connectivity index (χ2v) is 8.36. The number of ether oxygens (including phenoxy) is 3. The molecule has 7 heteroatoms. The van der Waals surface area contributed by atoms with Crippen molar-refractivity contribution < 1.29 is 23.8 Å². The maximum absolute atomic E-state index is 12.4. The lowest BCUT2D eigenvalue weighted by molar-refractivity contribution is -0.134. The number of carbonyl (C=O) groups is 2. The first-order chi connectivity index (χ1) is 14.8. The van der Waals surface area contributed by atoms with Crippen LogP contribution in [0.15, 0.2) is 42.5 Å². The van der Waals surface area contributed by atoms with Crippen molar-refractivity contribution in [3.63, 3.8) is 0 Å². The fourth-order valence-electron chi connectivity index (χ4n) is 2.64. The van der Waals surface area contributed by atoms with Gasteiger partial charge in [0.15, 0.2) is 0 Å². The summed E-state index contributed by atoms with van der Waals surface area (Å²) in [6, 6.07) is 11.2. The Morgan fingerprint density at radius 1 is 0.935 bits per heavy atom. The van der Waals surface area contributed by atoms with E-state index in [1.165, 1.54) is 31.0 Å². The van der Waals surface area contributed by atoms with E-state index in [9.17, 15) is 9.59 Å². The number of hydrogen-bond donors (Lipinski definition) is 0. The molecule has 31 heavy (non-hydrogen) atoms. The molecule has 0 aromatic heterocycles. The lowest BCUT2D eigenvalue weighted by Crippen LogP contribution is -2.25. The van der Waals surface area contributed by atoms with Crippen molar-refractivity contribution in [1.29, 1.82) is 0 Å². The largest absolute Gasteiger partial charge is 0.494 e. The van der Waals surface area contributed by atoms with E-state index in [0.717, 1.165) is 18.6 Å². The normalized spacial score (nSPS) is 11.8. The van der Waals surface area contributed by atoms with Gasteiger partial charge in [-0.1, -0.05) is 51.6 Å². The zero-order valence-electron chi connectivity index (χ0n) is 18.0. The highest BCUT2D eigenvalue weighted by Gasteiger charge is 2.22. The van der Waals surface area contributed by atoms with Gasteiger partial charge < -0.3 is 14.2 Å². The molecule has 1 unspecified atom stereocenters. The molecule has 2 aromatic rings. The highest BCUT2D eigenvalue weighted by atomic mass is 35.5. The Labute approximate surface area is 193 Å². The number of unbranched alkanes of at least 4 members (excludes halogenated alkanes) is 3. The van der Waals surface area contributed by atoms with Crippen LogP contribution in [0, 0.1) is 5.92 Å². The second-order valence-electron chi connectivity index (χ2n) is 7.48. The van der Waals surface area contributed by atoms with Crippen molar-refractivity contribution in [3.8, 4) is 17.2 Å². The molecule has 0 saturated carbocycles. The second kappa shape index (κ2) is 12.6. The van der Waals surface area contributed by atoms with Gasteiger partial charge in [-0.05, 0) is 54.8 Å². The lowest BCUT2D eigenvalue weighted by atomic mass is 10.1. The Morgan fingerprint density at radius 2 is 1.61 bits per heavy atom. The molecule has 5 nitrogen and oxygen atoms in total. The van der Waals surface area contributed by atoms with Crippen LogP contribution in [-0.4, -0.2) is 23.9 Å². The minimum Gasteiger partial charge on any atom is -0.494 e. The van der Waals surface area contributed by atoms with Crippen molar-refractivity contribution >= 4 is 35.1 Å². The summed E-state index contributed by atoms with van der Waals surface area (Å²) in [7, 11) is 0. The molecule has 0 N–H and O–H groups in total. The van der Waals surface area contributed by atoms with Crippen LogP contribution in [0.25, 0.3) is 0 Å². The summed E-state index contributed by atoms with van der Waals surface area (Å²) in [4.78, 5) is 24.4. The molecule has 0 saturated heterocycles. The Hall–Kier alpha value is -2.24. The maximum Gasteiger partial charge on any atom is 0.343 e. The number of halogens is 2. The zero-order chi connectivity index (χ0) is 22.8. The van der Waals surface area contributed by atoms with Crippen LogP contribution in [0.1, 0.15) is 56.8 Å². The molecule has 0 bridgehead atoms. The molecule has 0 spiro atoms. The molecule has 0 fully saturated rings. The van der Waals surface area contributed by atoms with Crippen molar-refractivity contribution in [2.45, 2.75) is 51.8 Å². The Bertz CT molecular complexity index is 865. The highest BCUT2D eigenvalue weighted by molar-refractivity contribution is 6.33. The first-order valence-corrected chi connectivity index (χ1v) is 11.2. The average molecular weight is 467 g/mol. The third-order valence-corrected chi connectivity index (χ3v) is 5.47. The van der Waals surface area contributed by atoms with E-state index in [1.54, 1.807) is 24.3 Å². The van der Waals surface area contributed by atoms with Gasteiger partial charge in [-0.3, -0.25) is 4.79 Å². The number of hydrogen-bond acceptors (Lipinski definition) is 5. The van der Waals surface area contributed by atoms with E-state index in [1.807, 2.05) is 13.8 Å². The smallest absolute Gasteiger partial charge is 0.343 e. The molecule has 2 rings (SSSR count). The van der Waals surface area contributed by atoms with E-state index in [-0.39, 0.29) is 22.3 Å².